The van der Waals surface area contributed by atoms with Crippen molar-refractivity contribution in [2.24, 2.45) is 11.8 Å². The molecule has 0 aromatic heterocycles. The number of hydrogen-bond acceptors (Lipinski definition) is 3. The van der Waals surface area contributed by atoms with E-state index in [0.717, 1.165) is 31.6 Å². The maximum Gasteiger partial charge on any atom is 0.338 e. The molecule has 1 N–H and O–H groups in total. The molecule has 1 saturated carbocycles. The number of amides is 1. The van der Waals surface area contributed by atoms with Crippen molar-refractivity contribution >= 4 is 17.6 Å². The topological polar surface area (TPSA) is 55.4 Å². The molecule has 1 aliphatic rings. The maximum atomic E-state index is 12.5. The minimum atomic E-state index is -0.356. The molecule has 132 valence electrons. The summed E-state index contributed by atoms with van der Waals surface area (Å²) in [7, 11) is 0. The molecule has 0 unspecified atom stereocenters. The van der Waals surface area contributed by atoms with Crippen LogP contribution in [0.15, 0.2) is 24.3 Å². The quantitative estimate of drug-likeness (QED) is 0.730. The van der Waals surface area contributed by atoms with Crippen LogP contribution < -0.4 is 5.32 Å². The number of anilines is 1. The number of unbranched alkanes of at least 4 members (excludes halogenated alkanes) is 1. The Bertz CT molecular complexity index is 548. The molecule has 0 saturated heterocycles. The lowest BCUT2D eigenvalue weighted by Crippen LogP contribution is -2.27. The Morgan fingerprint density at radius 3 is 2.58 bits per heavy atom. The predicted molar refractivity (Wildman–Crippen MR) is 96.0 cm³/mol. The number of ether oxygens (including phenoxy) is 1. The highest BCUT2D eigenvalue weighted by Gasteiger charge is 2.26. The van der Waals surface area contributed by atoms with Gasteiger partial charge in [-0.15, -0.1) is 0 Å². The van der Waals surface area contributed by atoms with E-state index in [1.807, 2.05) is 6.07 Å². The van der Waals surface area contributed by atoms with Gasteiger partial charge in [0.1, 0.15) is 0 Å². The van der Waals surface area contributed by atoms with Gasteiger partial charge in [0.2, 0.25) is 5.91 Å². The molecular formula is C20H29NO3. The van der Waals surface area contributed by atoms with Gasteiger partial charge in [-0.3, -0.25) is 4.79 Å². The normalized spacial score (nSPS) is 20.4. The summed E-state index contributed by atoms with van der Waals surface area (Å²) < 4.78 is 5.00. The SMILES string of the molecule is CCCCC1CCC(C(=O)Nc2cccc(C(=O)OCC)c2)CC1. The number of esters is 1. The molecule has 1 aliphatic carbocycles. The van der Waals surface area contributed by atoms with E-state index in [0.29, 0.717) is 17.9 Å². The Hall–Kier alpha value is -1.84. The highest BCUT2D eigenvalue weighted by atomic mass is 16.5. The number of carbonyl (C=O) groups excluding carboxylic acids is 2. The van der Waals surface area contributed by atoms with Crippen LogP contribution in [0.3, 0.4) is 0 Å². The van der Waals surface area contributed by atoms with Gasteiger partial charge in [-0.05, 0) is 56.7 Å². The van der Waals surface area contributed by atoms with Crippen molar-refractivity contribution in [3.8, 4) is 0 Å². The highest BCUT2D eigenvalue weighted by molar-refractivity contribution is 5.95. The standard InChI is InChI=1S/C20H29NO3/c1-3-5-7-15-10-12-16(13-11-15)19(22)21-18-9-6-8-17(14-18)20(23)24-4-2/h6,8-9,14-16H,3-5,7,10-13H2,1-2H3,(H,21,22). The number of hydrogen-bond donors (Lipinski definition) is 1. The van der Waals surface area contributed by atoms with Gasteiger partial charge in [0.15, 0.2) is 0 Å². The lowest BCUT2D eigenvalue weighted by Gasteiger charge is -2.27. The van der Waals surface area contributed by atoms with Gasteiger partial charge >= 0.3 is 5.97 Å². The van der Waals surface area contributed by atoms with Crippen LogP contribution in [0.2, 0.25) is 0 Å². The average molecular weight is 331 g/mol. The van der Waals surface area contributed by atoms with Crippen LogP contribution >= 0.6 is 0 Å². The summed E-state index contributed by atoms with van der Waals surface area (Å²) in [5.74, 6) is 0.602. The van der Waals surface area contributed by atoms with Crippen LogP contribution in [-0.2, 0) is 9.53 Å². The minimum Gasteiger partial charge on any atom is -0.462 e. The summed E-state index contributed by atoms with van der Waals surface area (Å²) in [6.45, 7) is 4.35. The van der Waals surface area contributed by atoms with E-state index in [-0.39, 0.29) is 17.8 Å². The number of rotatable bonds is 7. The molecule has 1 aromatic rings. The van der Waals surface area contributed by atoms with E-state index >= 15 is 0 Å². The van der Waals surface area contributed by atoms with Crippen LogP contribution in [-0.4, -0.2) is 18.5 Å². The zero-order chi connectivity index (χ0) is 17.4. The first-order valence-electron chi connectivity index (χ1n) is 9.22. The van der Waals surface area contributed by atoms with Crippen molar-refractivity contribution in [1.29, 1.82) is 0 Å². The molecule has 2 rings (SSSR count). The zero-order valence-corrected chi connectivity index (χ0v) is 14.8. The van der Waals surface area contributed by atoms with E-state index in [2.05, 4.69) is 12.2 Å². The number of nitrogens with one attached hydrogen (secondary N) is 1. The summed E-state index contributed by atoms with van der Waals surface area (Å²) in [5.41, 5.74) is 1.14. The molecule has 24 heavy (non-hydrogen) atoms. The maximum absolute atomic E-state index is 12.5. The Morgan fingerprint density at radius 1 is 1.17 bits per heavy atom. The van der Waals surface area contributed by atoms with Gasteiger partial charge < -0.3 is 10.1 Å². The van der Waals surface area contributed by atoms with E-state index in [9.17, 15) is 9.59 Å². The predicted octanol–water partition coefficient (Wildman–Crippen LogP) is 4.80. The van der Waals surface area contributed by atoms with Gasteiger partial charge in [0.25, 0.3) is 0 Å². The van der Waals surface area contributed by atoms with Crippen LogP contribution in [0.1, 0.15) is 69.2 Å². The molecule has 4 heteroatoms. The van der Waals surface area contributed by atoms with Gasteiger partial charge in [0.05, 0.1) is 12.2 Å². The molecule has 0 spiro atoms. The van der Waals surface area contributed by atoms with Crippen molar-refractivity contribution in [3.05, 3.63) is 29.8 Å². The number of carbonyl (C=O) groups is 2. The summed E-state index contributed by atoms with van der Waals surface area (Å²) >= 11 is 0. The molecule has 0 atom stereocenters. The van der Waals surface area contributed by atoms with Crippen LogP contribution in [0.4, 0.5) is 5.69 Å². The van der Waals surface area contributed by atoms with Crippen molar-refractivity contribution in [2.75, 3.05) is 11.9 Å². The largest absolute Gasteiger partial charge is 0.462 e. The fraction of sp³-hybridized carbons (Fsp3) is 0.600. The van der Waals surface area contributed by atoms with Crippen molar-refractivity contribution < 1.29 is 14.3 Å². The van der Waals surface area contributed by atoms with Gasteiger partial charge in [-0.2, -0.15) is 0 Å². The Labute approximate surface area is 145 Å². The highest BCUT2D eigenvalue weighted by Crippen LogP contribution is 2.32. The molecule has 0 aliphatic heterocycles. The van der Waals surface area contributed by atoms with Crippen LogP contribution in [0, 0.1) is 11.8 Å². The van der Waals surface area contributed by atoms with Crippen LogP contribution in [0.5, 0.6) is 0 Å². The Balaban J connectivity index is 1.86. The first kappa shape index (κ1) is 18.5. The summed E-state index contributed by atoms with van der Waals surface area (Å²) in [4.78, 5) is 24.2. The van der Waals surface area contributed by atoms with E-state index in [4.69, 9.17) is 4.74 Å². The van der Waals surface area contributed by atoms with Crippen molar-refractivity contribution in [1.82, 2.24) is 0 Å². The molecule has 1 fully saturated rings. The molecule has 0 heterocycles. The molecule has 0 bridgehead atoms. The van der Waals surface area contributed by atoms with Crippen molar-refractivity contribution in [2.45, 2.75) is 58.8 Å². The van der Waals surface area contributed by atoms with Gasteiger partial charge in [-0.25, -0.2) is 4.79 Å². The minimum absolute atomic E-state index is 0.0740. The monoisotopic (exact) mass is 331 g/mol. The second-order valence-corrected chi connectivity index (χ2v) is 6.65. The van der Waals surface area contributed by atoms with Gasteiger partial charge in [0, 0.05) is 11.6 Å². The van der Waals surface area contributed by atoms with Crippen molar-refractivity contribution in [3.63, 3.8) is 0 Å². The second kappa shape index (κ2) is 9.45. The Kier molecular flexibility index (Phi) is 7.29. The van der Waals surface area contributed by atoms with E-state index in [1.165, 1.54) is 19.3 Å². The first-order chi connectivity index (χ1) is 11.6. The molecule has 4 nitrogen and oxygen atoms in total. The van der Waals surface area contributed by atoms with E-state index in [1.54, 1.807) is 25.1 Å². The third-order valence-electron chi connectivity index (χ3n) is 4.82. The van der Waals surface area contributed by atoms with Gasteiger partial charge in [-0.1, -0.05) is 32.3 Å². The fourth-order valence-corrected chi connectivity index (χ4v) is 3.39. The zero-order valence-electron chi connectivity index (χ0n) is 14.8. The van der Waals surface area contributed by atoms with E-state index < -0.39 is 0 Å². The molecule has 1 amide bonds. The summed E-state index contributed by atoms with van der Waals surface area (Å²) in [6, 6.07) is 6.96. The average Bonchev–Trinajstić information content (AvgIpc) is 2.61. The molecular weight excluding hydrogens is 302 g/mol. The van der Waals surface area contributed by atoms with Crippen LogP contribution in [0.25, 0.3) is 0 Å². The fourth-order valence-electron chi connectivity index (χ4n) is 3.39. The third kappa shape index (κ3) is 5.36. The second-order valence-electron chi connectivity index (χ2n) is 6.65. The summed E-state index contributed by atoms with van der Waals surface area (Å²) in [6.07, 6.45) is 8.09. The lowest BCUT2D eigenvalue weighted by atomic mass is 9.79. The lowest BCUT2D eigenvalue weighted by molar-refractivity contribution is -0.121. The Morgan fingerprint density at radius 2 is 1.92 bits per heavy atom. The molecule has 0 radical (unpaired) electrons. The summed E-state index contributed by atoms with van der Waals surface area (Å²) in [5, 5.41) is 2.96. The number of benzene rings is 1. The molecule has 1 aromatic carbocycles. The first-order valence-corrected chi connectivity index (χ1v) is 9.22. The third-order valence-corrected chi connectivity index (χ3v) is 4.82. The smallest absolute Gasteiger partial charge is 0.338 e.